The van der Waals surface area contributed by atoms with Gasteiger partial charge in [0.25, 0.3) is 0 Å². The minimum Gasteiger partial charge on any atom is -0.355 e. The maximum Gasteiger partial charge on any atom is 0.329 e. The number of amides is 2. The summed E-state index contributed by atoms with van der Waals surface area (Å²) < 4.78 is 0. The molecule has 0 aliphatic carbocycles. The molecule has 158 valence electrons. The van der Waals surface area contributed by atoms with Gasteiger partial charge in [0.1, 0.15) is 0 Å². The predicted molar refractivity (Wildman–Crippen MR) is 126 cm³/mol. The van der Waals surface area contributed by atoms with Crippen LogP contribution in [-0.4, -0.2) is 18.0 Å². The maximum atomic E-state index is 12.1. The molecule has 3 rings (SSSR count). The zero-order valence-electron chi connectivity index (χ0n) is 17.3. The second-order valence-electron chi connectivity index (χ2n) is 6.93. The Kier molecular flexibility index (Phi) is 7.40. The highest BCUT2D eigenvalue weighted by atomic mass is 35.5. The Morgan fingerprint density at radius 1 is 0.935 bits per heavy atom. The lowest BCUT2D eigenvalue weighted by molar-refractivity contribution is -0.136. The van der Waals surface area contributed by atoms with Crippen LogP contribution in [0.1, 0.15) is 23.6 Å². The number of halogens is 1. The van der Waals surface area contributed by atoms with E-state index in [4.69, 9.17) is 11.6 Å². The molecule has 0 aromatic heterocycles. The van der Waals surface area contributed by atoms with Crippen LogP contribution in [0.4, 0.5) is 17.1 Å². The summed E-state index contributed by atoms with van der Waals surface area (Å²) in [5, 5.41) is 10.3. The smallest absolute Gasteiger partial charge is 0.329 e. The molecule has 0 radical (unpaired) electrons. The second-order valence-corrected chi connectivity index (χ2v) is 7.36. The predicted octanol–water partition coefficient (Wildman–Crippen LogP) is 5.04. The SMILES string of the molecule is CCc1ccc(NC(=O)C(=O)N/N=C\c2cc(Cl)ccc2Nc2ccc(C)cc2)cc1. The summed E-state index contributed by atoms with van der Waals surface area (Å²) >= 11 is 6.10. The number of carbonyl (C=O) groups excluding carboxylic acids is 2. The van der Waals surface area contributed by atoms with E-state index in [2.05, 4.69) is 21.2 Å². The molecule has 0 saturated carbocycles. The molecule has 0 aliphatic rings. The fraction of sp³-hybridized carbons (Fsp3) is 0.125. The molecule has 0 bridgehead atoms. The summed E-state index contributed by atoms with van der Waals surface area (Å²) in [6, 6.07) is 20.5. The van der Waals surface area contributed by atoms with Crippen molar-refractivity contribution in [1.82, 2.24) is 5.43 Å². The largest absolute Gasteiger partial charge is 0.355 e. The number of hydrogen-bond acceptors (Lipinski definition) is 4. The zero-order chi connectivity index (χ0) is 22.2. The Balaban J connectivity index is 1.63. The van der Waals surface area contributed by atoms with Gasteiger partial charge in [0, 0.05) is 27.6 Å². The molecule has 7 heteroatoms. The Labute approximate surface area is 186 Å². The third-order valence-electron chi connectivity index (χ3n) is 4.54. The molecular weight excluding hydrogens is 412 g/mol. The van der Waals surface area contributed by atoms with Crippen molar-refractivity contribution in [2.24, 2.45) is 5.10 Å². The van der Waals surface area contributed by atoms with Crippen LogP contribution in [0.2, 0.25) is 5.02 Å². The van der Waals surface area contributed by atoms with Gasteiger partial charge in [-0.15, -0.1) is 0 Å². The number of nitrogens with one attached hydrogen (secondary N) is 3. The third kappa shape index (κ3) is 6.42. The monoisotopic (exact) mass is 434 g/mol. The summed E-state index contributed by atoms with van der Waals surface area (Å²) in [5.74, 6) is -1.67. The van der Waals surface area contributed by atoms with Crippen LogP contribution in [0.5, 0.6) is 0 Å². The number of nitrogens with zero attached hydrogens (tertiary/aromatic N) is 1. The first kappa shape index (κ1) is 22.1. The van der Waals surface area contributed by atoms with Crippen molar-refractivity contribution in [3.63, 3.8) is 0 Å². The first-order valence-corrected chi connectivity index (χ1v) is 10.2. The van der Waals surface area contributed by atoms with Gasteiger partial charge in [0.2, 0.25) is 0 Å². The molecule has 3 N–H and O–H groups in total. The Morgan fingerprint density at radius 3 is 2.29 bits per heavy atom. The minimum atomic E-state index is -0.870. The standard InChI is InChI=1S/C24H23ClN4O2/c1-3-17-6-11-21(12-7-17)28-23(30)24(31)29-26-15-18-14-19(25)8-13-22(18)27-20-9-4-16(2)5-10-20/h4-15,27H,3H2,1-2H3,(H,28,30)(H,29,31)/b26-15-. The molecule has 3 aromatic carbocycles. The number of rotatable bonds is 6. The highest BCUT2D eigenvalue weighted by molar-refractivity contribution is 6.39. The number of hydrazone groups is 1. The van der Waals surface area contributed by atoms with Crippen molar-refractivity contribution < 1.29 is 9.59 Å². The van der Waals surface area contributed by atoms with Gasteiger partial charge in [-0.2, -0.15) is 5.10 Å². The van der Waals surface area contributed by atoms with Crippen molar-refractivity contribution in [3.05, 3.63) is 88.4 Å². The van der Waals surface area contributed by atoms with Crippen LogP contribution < -0.4 is 16.1 Å². The lowest BCUT2D eigenvalue weighted by Crippen LogP contribution is -2.32. The maximum absolute atomic E-state index is 12.1. The molecule has 2 amide bonds. The van der Waals surface area contributed by atoms with E-state index >= 15 is 0 Å². The first-order valence-electron chi connectivity index (χ1n) is 9.81. The molecule has 0 saturated heterocycles. The van der Waals surface area contributed by atoms with E-state index < -0.39 is 11.8 Å². The number of carbonyl (C=O) groups is 2. The molecular formula is C24H23ClN4O2. The molecule has 0 atom stereocenters. The molecule has 3 aromatic rings. The van der Waals surface area contributed by atoms with Crippen LogP contribution in [0, 0.1) is 6.92 Å². The van der Waals surface area contributed by atoms with E-state index in [1.165, 1.54) is 6.21 Å². The van der Waals surface area contributed by atoms with Crippen LogP contribution >= 0.6 is 11.6 Å². The van der Waals surface area contributed by atoms with E-state index in [1.54, 1.807) is 24.3 Å². The van der Waals surface area contributed by atoms with E-state index in [9.17, 15) is 9.59 Å². The molecule has 0 aliphatic heterocycles. The number of aryl methyl sites for hydroxylation is 2. The Hall–Kier alpha value is -3.64. The lowest BCUT2D eigenvalue weighted by atomic mass is 10.1. The average molecular weight is 435 g/mol. The summed E-state index contributed by atoms with van der Waals surface area (Å²) in [6.45, 7) is 4.06. The van der Waals surface area contributed by atoms with Crippen LogP contribution in [0.25, 0.3) is 0 Å². The van der Waals surface area contributed by atoms with Crippen molar-refractivity contribution >= 4 is 46.7 Å². The topological polar surface area (TPSA) is 82.6 Å². The van der Waals surface area contributed by atoms with Gasteiger partial charge in [-0.25, -0.2) is 5.43 Å². The van der Waals surface area contributed by atoms with Crippen LogP contribution in [0.15, 0.2) is 71.8 Å². The Morgan fingerprint density at radius 2 is 1.61 bits per heavy atom. The van der Waals surface area contributed by atoms with E-state index in [-0.39, 0.29) is 0 Å². The fourth-order valence-corrected chi connectivity index (χ4v) is 2.95. The van der Waals surface area contributed by atoms with E-state index in [0.29, 0.717) is 16.3 Å². The molecule has 0 spiro atoms. The number of hydrogen-bond donors (Lipinski definition) is 3. The van der Waals surface area contributed by atoms with Crippen LogP contribution in [0.3, 0.4) is 0 Å². The van der Waals surface area contributed by atoms with Gasteiger partial charge in [-0.05, 0) is 61.4 Å². The fourth-order valence-electron chi connectivity index (χ4n) is 2.77. The second kappa shape index (κ2) is 10.4. The molecule has 0 heterocycles. The van der Waals surface area contributed by atoms with Gasteiger partial charge in [-0.1, -0.05) is 48.4 Å². The number of anilines is 3. The number of benzene rings is 3. The minimum absolute atomic E-state index is 0.524. The summed E-state index contributed by atoms with van der Waals surface area (Å²) in [5.41, 5.74) is 7.40. The van der Waals surface area contributed by atoms with Crippen molar-refractivity contribution in [1.29, 1.82) is 0 Å². The molecule has 0 unspecified atom stereocenters. The Bertz CT molecular complexity index is 1090. The van der Waals surface area contributed by atoms with Crippen molar-refractivity contribution in [2.45, 2.75) is 20.3 Å². The normalized spacial score (nSPS) is 10.7. The quantitative estimate of drug-likeness (QED) is 0.288. The van der Waals surface area contributed by atoms with Gasteiger partial charge < -0.3 is 10.6 Å². The molecule has 31 heavy (non-hydrogen) atoms. The summed E-state index contributed by atoms with van der Waals surface area (Å²) in [6.07, 6.45) is 2.33. The van der Waals surface area contributed by atoms with Gasteiger partial charge in [-0.3, -0.25) is 9.59 Å². The summed E-state index contributed by atoms with van der Waals surface area (Å²) in [4.78, 5) is 24.1. The third-order valence-corrected chi connectivity index (χ3v) is 4.78. The zero-order valence-corrected chi connectivity index (χ0v) is 18.0. The van der Waals surface area contributed by atoms with E-state index in [0.717, 1.165) is 28.9 Å². The molecule has 6 nitrogen and oxygen atoms in total. The first-order chi connectivity index (χ1) is 14.9. The summed E-state index contributed by atoms with van der Waals surface area (Å²) in [7, 11) is 0. The highest BCUT2D eigenvalue weighted by Gasteiger charge is 2.13. The lowest BCUT2D eigenvalue weighted by Gasteiger charge is -2.10. The van der Waals surface area contributed by atoms with Crippen LogP contribution in [-0.2, 0) is 16.0 Å². The van der Waals surface area contributed by atoms with E-state index in [1.807, 2.05) is 56.3 Å². The van der Waals surface area contributed by atoms with Crippen molar-refractivity contribution in [3.8, 4) is 0 Å². The highest BCUT2D eigenvalue weighted by Crippen LogP contribution is 2.23. The van der Waals surface area contributed by atoms with Crippen molar-refractivity contribution in [2.75, 3.05) is 10.6 Å². The average Bonchev–Trinajstić information content (AvgIpc) is 2.77. The van der Waals surface area contributed by atoms with Gasteiger partial charge in [0.15, 0.2) is 0 Å². The molecule has 0 fully saturated rings. The van der Waals surface area contributed by atoms with Gasteiger partial charge in [0.05, 0.1) is 6.21 Å². The van der Waals surface area contributed by atoms with Gasteiger partial charge >= 0.3 is 11.8 Å².